The number of benzene rings is 1. The van der Waals surface area contributed by atoms with Gasteiger partial charge in [-0.05, 0) is 42.8 Å². The lowest BCUT2D eigenvalue weighted by Crippen LogP contribution is -2.21. The Morgan fingerprint density at radius 2 is 1.80 bits per heavy atom. The van der Waals surface area contributed by atoms with Crippen molar-refractivity contribution in [3.8, 4) is 0 Å². The smallest absolute Gasteiger partial charge is 0.310 e. The number of thioether (sulfide) groups is 1. The zero-order chi connectivity index (χ0) is 15.0. The van der Waals surface area contributed by atoms with Crippen LogP contribution in [0.3, 0.4) is 0 Å². The van der Waals surface area contributed by atoms with E-state index in [1.165, 1.54) is 4.90 Å². The normalized spacial score (nSPS) is 13.4. The molecule has 1 atom stereocenters. The first-order valence-corrected chi connectivity index (χ1v) is 7.97. The molecule has 0 spiro atoms. The van der Waals surface area contributed by atoms with Crippen LogP contribution < -0.4 is 5.32 Å². The lowest BCUT2D eigenvalue weighted by atomic mass is 10.0. The molecule has 1 rings (SSSR count). The van der Waals surface area contributed by atoms with Gasteiger partial charge >= 0.3 is 6.18 Å². The molecule has 0 heterocycles. The predicted molar refractivity (Wildman–Crippen MR) is 79.2 cm³/mol. The van der Waals surface area contributed by atoms with Gasteiger partial charge in [0.1, 0.15) is 0 Å². The van der Waals surface area contributed by atoms with Crippen molar-refractivity contribution in [1.29, 1.82) is 0 Å². The zero-order valence-corrected chi connectivity index (χ0v) is 12.8. The van der Waals surface area contributed by atoms with E-state index < -0.39 is 12.6 Å². The number of halogens is 3. The molecular weight excluding hydrogens is 283 g/mol. The van der Waals surface area contributed by atoms with E-state index in [9.17, 15) is 13.2 Å². The first-order chi connectivity index (χ1) is 9.46. The molecule has 0 fully saturated rings. The Morgan fingerprint density at radius 3 is 2.30 bits per heavy atom. The second-order valence-electron chi connectivity index (χ2n) is 4.62. The standard InChI is InChI=1S/C15H22F3NS/c1-3-19-14(6-5-11-15(16,17)18)12-7-9-13(10-8-12)20-4-2/h7-10,14,19H,3-6,11H2,1-2H3. The minimum Gasteiger partial charge on any atom is -0.310 e. The summed E-state index contributed by atoms with van der Waals surface area (Å²) in [7, 11) is 0. The molecule has 1 nitrogen and oxygen atoms in total. The molecule has 0 saturated heterocycles. The first kappa shape index (κ1) is 17.4. The molecule has 0 aromatic heterocycles. The summed E-state index contributed by atoms with van der Waals surface area (Å²) in [5.74, 6) is 1.02. The van der Waals surface area contributed by atoms with Crippen LogP contribution >= 0.6 is 11.8 Å². The SMILES string of the molecule is CCNC(CCCC(F)(F)F)c1ccc(SCC)cc1. The predicted octanol–water partition coefficient (Wildman–Crippen LogP) is 5.18. The fraction of sp³-hybridized carbons (Fsp3) is 0.600. The van der Waals surface area contributed by atoms with Gasteiger partial charge in [0.25, 0.3) is 0 Å². The van der Waals surface area contributed by atoms with Crippen LogP contribution in [0, 0.1) is 0 Å². The van der Waals surface area contributed by atoms with Crippen molar-refractivity contribution < 1.29 is 13.2 Å². The van der Waals surface area contributed by atoms with Crippen LogP contribution in [0.4, 0.5) is 13.2 Å². The molecule has 0 aliphatic heterocycles. The van der Waals surface area contributed by atoms with Crippen LogP contribution in [-0.2, 0) is 0 Å². The summed E-state index contributed by atoms with van der Waals surface area (Å²) in [6.07, 6.45) is -4.10. The van der Waals surface area contributed by atoms with Crippen LogP contribution in [0.1, 0.15) is 44.7 Å². The fourth-order valence-corrected chi connectivity index (χ4v) is 2.76. The van der Waals surface area contributed by atoms with Gasteiger partial charge in [-0.1, -0.05) is 26.0 Å². The van der Waals surface area contributed by atoms with Crippen LogP contribution in [0.15, 0.2) is 29.2 Å². The molecule has 0 aliphatic carbocycles. The Balaban J connectivity index is 2.60. The third kappa shape index (κ3) is 6.66. The quantitative estimate of drug-likeness (QED) is 0.664. The average molecular weight is 305 g/mol. The summed E-state index contributed by atoms with van der Waals surface area (Å²) in [6.45, 7) is 4.82. The third-order valence-corrected chi connectivity index (χ3v) is 3.89. The van der Waals surface area contributed by atoms with Gasteiger partial charge in [0.2, 0.25) is 0 Å². The molecule has 1 aromatic rings. The van der Waals surface area contributed by atoms with Crippen molar-refractivity contribution in [3.05, 3.63) is 29.8 Å². The number of nitrogens with one attached hydrogen (secondary N) is 1. The molecule has 114 valence electrons. The highest BCUT2D eigenvalue weighted by atomic mass is 32.2. The molecule has 5 heteroatoms. The Bertz CT molecular complexity index is 376. The largest absolute Gasteiger partial charge is 0.389 e. The summed E-state index contributed by atoms with van der Waals surface area (Å²) in [4.78, 5) is 1.20. The summed E-state index contributed by atoms with van der Waals surface area (Å²) >= 11 is 1.76. The van der Waals surface area contributed by atoms with E-state index in [0.717, 1.165) is 17.9 Å². The Kier molecular flexibility index (Phi) is 7.45. The molecule has 0 aliphatic rings. The molecule has 0 amide bonds. The van der Waals surface area contributed by atoms with E-state index in [2.05, 4.69) is 12.2 Å². The molecule has 20 heavy (non-hydrogen) atoms. The van der Waals surface area contributed by atoms with Crippen molar-refractivity contribution in [1.82, 2.24) is 5.32 Å². The van der Waals surface area contributed by atoms with Crippen LogP contribution in [0.5, 0.6) is 0 Å². The molecule has 0 saturated carbocycles. The Labute approximate surface area is 123 Å². The second-order valence-corrected chi connectivity index (χ2v) is 5.96. The van der Waals surface area contributed by atoms with Gasteiger partial charge < -0.3 is 5.32 Å². The number of hydrogen-bond acceptors (Lipinski definition) is 2. The van der Waals surface area contributed by atoms with Crippen molar-refractivity contribution in [3.63, 3.8) is 0 Å². The summed E-state index contributed by atoms with van der Waals surface area (Å²) in [5.41, 5.74) is 1.06. The van der Waals surface area contributed by atoms with Crippen molar-refractivity contribution in [2.45, 2.75) is 50.2 Å². The molecule has 1 N–H and O–H groups in total. The van der Waals surface area contributed by atoms with Crippen molar-refractivity contribution >= 4 is 11.8 Å². The number of hydrogen-bond donors (Lipinski definition) is 1. The maximum absolute atomic E-state index is 12.2. The van der Waals surface area contributed by atoms with Gasteiger partial charge in [-0.15, -0.1) is 11.8 Å². The van der Waals surface area contributed by atoms with Crippen molar-refractivity contribution in [2.75, 3.05) is 12.3 Å². The molecular formula is C15H22F3NS. The van der Waals surface area contributed by atoms with Gasteiger partial charge in [-0.25, -0.2) is 0 Å². The lowest BCUT2D eigenvalue weighted by Gasteiger charge is -2.19. The van der Waals surface area contributed by atoms with Gasteiger partial charge in [-0.2, -0.15) is 13.2 Å². The highest BCUT2D eigenvalue weighted by Gasteiger charge is 2.26. The van der Waals surface area contributed by atoms with Gasteiger partial charge in [0.15, 0.2) is 0 Å². The summed E-state index contributed by atoms with van der Waals surface area (Å²) in [5, 5.41) is 3.26. The van der Waals surface area contributed by atoms with E-state index in [0.29, 0.717) is 6.42 Å². The minimum absolute atomic E-state index is 0.00280. The average Bonchev–Trinajstić information content (AvgIpc) is 2.38. The Hall–Kier alpha value is -0.680. The van der Waals surface area contributed by atoms with E-state index in [4.69, 9.17) is 0 Å². The summed E-state index contributed by atoms with van der Waals surface area (Å²) < 4.78 is 36.6. The van der Waals surface area contributed by atoms with E-state index in [1.54, 1.807) is 11.8 Å². The first-order valence-electron chi connectivity index (χ1n) is 6.99. The van der Waals surface area contributed by atoms with Gasteiger partial charge in [-0.3, -0.25) is 0 Å². The third-order valence-electron chi connectivity index (χ3n) is 3.00. The summed E-state index contributed by atoms with van der Waals surface area (Å²) in [6, 6.07) is 8.11. The van der Waals surface area contributed by atoms with Gasteiger partial charge in [0.05, 0.1) is 0 Å². The Morgan fingerprint density at radius 1 is 1.15 bits per heavy atom. The highest BCUT2D eigenvalue weighted by molar-refractivity contribution is 7.99. The molecule has 0 radical (unpaired) electrons. The molecule has 1 aromatic carbocycles. The lowest BCUT2D eigenvalue weighted by molar-refractivity contribution is -0.135. The van der Waals surface area contributed by atoms with Crippen LogP contribution in [0.25, 0.3) is 0 Å². The van der Waals surface area contributed by atoms with E-state index in [-0.39, 0.29) is 12.5 Å². The van der Waals surface area contributed by atoms with Crippen LogP contribution in [-0.4, -0.2) is 18.5 Å². The van der Waals surface area contributed by atoms with Gasteiger partial charge in [0, 0.05) is 17.4 Å². The minimum atomic E-state index is -4.06. The zero-order valence-electron chi connectivity index (χ0n) is 12.0. The number of alkyl halides is 3. The maximum Gasteiger partial charge on any atom is 0.389 e. The second kappa shape index (κ2) is 8.57. The fourth-order valence-electron chi connectivity index (χ4n) is 2.10. The highest BCUT2D eigenvalue weighted by Crippen LogP contribution is 2.27. The molecule has 1 unspecified atom stereocenters. The number of rotatable bonds is 8. The molecule has 0 bridgehead atoms. The van der Waals surface area contributed by atoms with E-state index >= 15 is 0 Å². The van der Waals surface area contributed by atoms with Crippen LogP contribution in [0.2, 0.25) is 0 Å². The van der Waals surface area contributed by atoms with Crippen molar-refractivity contribution in [2.24, 2.45) is 0 Å². The monoisotopic (exact) mass is 305 g/mol. The topological polar surface area (TPSA) is 12.0 Å². The van der Waals surface area contributed by atoms with E-state index in [1.807, 2.05) is 31.2 Å². The maximum atomic E-state index is 12.2.